The summed E-state index contributed by atoms with van der Waals surface area (Å²) in [6, 6.07) is 10.4. The fourth-order valence-corrected chi connectivity index (χ4v) is 3.65. The number of benzene rings is 2. The van der Waals surface area contributed by atoms with Crippen LogP contribution in [-0.2, 0) is 19.1 Å². The molecule has 0 saturated carbocycles. The SMILES string of the molecule is COc1ncc(Cc2c[nH]c(N(C)Cc3ccc(Oc4ccc(Cl)c(C(F)(F)F)c4)cc3)nc2=O)cn1. The monoisotopic (exact) mass is 531 g/mol. The maximum absolute atomic E-state index is 13.1. The second-order valence-electron chi connectivity index (χ2n) is 8.05. The lowest BCUT2D eigenvalue weighted by atomic mass is 10.1. The molecule has 192 valence electrons. The average Bonchev–Trinajstić information content (AvgIpc) is 2.87. The number of aromatic nitrogens is 4. The van der Waals surface area contributed by atoms with Crippen molar-refractivity contribution in [1.82, 2.24) is 19.9 Å². The first-order chi connectivity index (χ1) is 17.6. The molecule has 0 unspecified atom stereocenters. The van der Waals surface area contributed by atoms with Gasteiger partial charge in [0.25, 0.3) is 5.56 Å². The minimum atomic E-state index is -4.58. The highest BCUT2D eigenvalue weighted by molar-refractivity contribution is 6.31. The Labute approximate surface area is 214 Å². The lowest BCUT2D eigenvalue weighted by molar-refractivity contribution is -0.137. The van der Waals surface area contributed by atoms with E-state index in [0.29, 0.717) is 30.2 Å². The molecule has 0 fully saturated rings. The third-order valence-electron chi connectivity index (χ3n) is 5.30. The van der Waals surface area contributed by atoms with Crippen LogP contribution < -0.4 is 19.9 Å². The van der Waals surface area contributed by atoms with Gasteiger partial charge in [-0.15, -0.1) is 0 Å². The fourth-order valence-electron chi connectivity index (χ4n) is 3.43. The maximum Gasteiger partial charge on any atom is 0.417 e. The van der Waals surface area contributed by atoms with Crippen LogP contribution >= 0.6 is 11.6 Å². The van der Waals surface area contributed by atoms with Gasteiger partial charge in [0.15, 0.2) is 0 Å². The third kappa shape index (κ3) is 6.56. The van der Waals surface area contributed by atoms with Gasteiger partial charge >= 0.3 is 12.2 Å². The first-order valence-electron chi connectivity index (χ1n) is 10.9. The van der Waals surface area contributed by atoms with E-state index in [2.05, 4.69) is 19.9 Å². The van der Waals surface area contributed by atoms with E-state index in [1.807, 2.05) is 0 Å². The second-order valence-corrected chi connectivity index (χ2v) is 8.46. The lowest BCUT2D eigenvalue weighted by Crippen LogP contribution is -2.24. The molecule has 0 saturated heterocycles. The van der Waals surface area contributed by atoms with Gasteiger partial charge in [-0.1, -0.05) is 23.7 Å². The second kappa shape index (κ2) is 10.9. The van der Waals surface area contributed by atoms with Gasteiger partial charge in [-0.3, -0.25) is 4.79 Å². The molecule has 0 aliphatic rings. The van der Waals surface area contributed by atoms with E-state index in [4.69, 9.17) is 21.1 Å². The van der Waals surface area contributed by atoms with Crippen molar-refractivity contribution in [3.8, 4) is 17.5 Å². The smallest absolute Gasteiger partial charge is 0.417 e. The van der Waals surface area contributed by atoms with Crippen molar-refractivity contribution in [2.24, 2.45) is 0 Å². The average molecular weight is 532 g/mol. The molecule has 0 bridgehead atoms. The van der Waals surface area contributed by atoms with Crippen LogP contribution in [0.3, 0.4) is 0 Å². The van der Waals surface area contributed by atoms with Crippen LogP contribution in [0.1, 0.15) is 22.3 Å². The fraction of sp³-hybridized carbons (Fsp3) is 0.200. The van der Waals surface area contributed by atoms with Crippen LogP contribution in [0.2, 0.25) is 5.02 Å². The van der Waals surface area contributed by atoms with E-state index in [9.17, 15) is 18.0 Å². The minimum Gasteiger partial charge on any atom is -0.467 e. The van der Waals surface area contributed by atoms with E-state index in [1.54, 1.807) is 54.8 Å². The third-order valence-corrected chi connectivity index (χ3v) is 5.63. The maximum atomic E-state index is 13.1. The molecule has 0 radical (unpaired) electrons. The van der Waals surface area contributed by atoms with Crippen molar-refractivity contribution in [3.05, 3.63) is 98.7 Å². The van der Waals surface area contributed by atoms with Crippen molar-refractivity contribution in [3.63, 3.8) is 0 Å². The number of ether oxygens (including phenoxy) is 2. The molecule has 0 atom stereocenters. The number of methoxy groups -OCH3 is 1. The normalized spacial score (nSPS) is 11.3. The Morgan fingerprint density at radius 1 is 1.03 bits per heavy atom. The van der Waals surface area contributed by atoms with Crippen molar-refractivity contribution >= 4 is 17.5 Å². The van der Waals surface area contributed by atoms with E-state index in [-0.39, 0.29) is 17.3 Å². The van der Waals surface area contributed by atoms with Gasteiger partial charge in [0, 0.05) is 44.2 Å². The molecule has 0 amide bonds. The number of rotatable bonds is 8. The standard InChI is InChI=1S/C25H21ClF3N5O3/c1-34(23-30-13-17(22(35)33-23)9-16-11-31-24(36-2)32-12-16)14-15-3-5-18(6-4-15)37-19-7-8-21(26)20(10-19)25(27,28)29/h3-8,10-13H,9,14H2,1-2H3,(H,30,33,35). The molecular formula is C25H21ClF3N5O3. The Kier molecular flexibility index (Phi) is 7.63. The molecule has 2 heterocycles. The van der Waals surface area contributed by atoms with Crippen molar-refractivity contribution in [1.29, 1.82) is 0 Å². The first-order valence-corrected chi connectivity index (χ1v) is 11.3. The van der Waals surface area contributed by atoms with Gasteiger partial charge in [-0.25, -0.2) is 9.97 Å². The molecule has 4 aromatic rings. The molecule has 1 N–H and O–H groups in total. The number of anilines is 1. The summed E-state index contributed by atoms with van der Waals surface area (Å²) in [7, 11) is 3.24. The highest BCUT2D eigenvalue weighted by atomic mass is 35.5. The molecule has 0 aliphatic carbocycles. The van der Waals surface area contributed by atoms with Crippen LogP contribution in [-0.4, -0.2) is 34.1 Å². The summed E-state index contributed by atoms with van der Waals surface area (Å²) >= 11 is 5.65. The number of alkyl halides is 3. The summed E-state index contributed by atoms with van der Waals surface area (Å²) < 4.78 is 49.7. The van der Waals surface area contributed by atoms with Crippen LogP contribution in [0.5, 0.6) is 17.5 Å². The van der Waals surface area contributed by atoms with Gasteiger partial charge in [-0.2, -0.15) is 18.2 Å². The number of hydrogen-bond donors (Lipinski definition) is 1. The quantitative estimate of drug-likeness (QED) is 0.331. The molecule has 12 heteroatoms. The predicted octanol–water partition coefficient (Wildman–Crippen LogP) is 5.26. The molecule has 2 aromatic carbocycles. The Morgan fingerprint density at radius 2 is 1.70 bits per heavy atom. The van der Waals surface area contributed by atoms with Crippen LogP contribution in [0, 0.1) is 0 Å². The summed E-state index contributed by atoms with van der Waals surface area (Å²) in [6.07, 6.45) is 0.503. The largest absolute Gasteiger partial charge is 0.467 e. The number of halogens is 4. The highest BCUT2D eigenvalue weighted by Crippen LogP contribution is 2.37. The number of nitrogens with zero attached hydrogens (tertiary/aromatic N) is 4. The molecule has 0 aliphatic heterocycles. The summed E-state index contributed by atoms with van der Waals surface area (Å²) in [5.41, 5.74) is 0.730. The molecule has 8 nitrogen and oxygen atoms in total. The zero-order chi connectivity index (χ0) is 26.6. The Balaban J connectivity index is 1.39. The summed E-state index contributed by atoms with van der Waals surface area (Å²) in [6.45, 7) is 0.411. The molecule has 4 rings (SSSR count). The molecular weight excluding hydrogens is 511 g/mol. The molecule has 0 spiro atoms. The van der Waals surface area contributed by atoms with E-state index >= 15 is 0 Å². The zero-order valence-corrected chi connectivity index (χ0v) is 20.5. The van der Waals surface area contributed by atoms with Crippen LogP contribution in [0.4, 0.5) is 19.1 Å². The molecule has 2 aromatic heterocycles. The highest BCUT2D eigenvalue weighted by Gasteiger charge is 2.33. The summed E-state index contributed by atoms with van der Waals surface area (Å²) in [5, 5.41) is -0.396. The Bertz CT molecular complexity index is 1430. The lowest BCUT2D eigenvalue weighted by Gasteiger charge is -2.18. The van der Waals surface area contributed by atoms with Crippen molar-refractivity contribution in [2.75, 3.05) is 19.1 Å². The van der Waals surface area contributed by atoms with E-state index in [1.165, 1.54) is 13.2 Å². The Morgan fingerprint density at radius 3 is 2.32 bits per heavy atom. The van der Waals surface area contributed by atoms with Gasteiger partial charge in [0.2, 0.25) is 5.95 Å². The first kappa shape index (κ1) is 26.0. The van der Waals surface area contributed by atoms with Crippen molar-refractivity contribution in [2.45, 2.75) is 19.1 Å². The number of nitrogens with one attached hydrogen (secondary N) is 1. The Hall–Kier alpha value is -4.12. The van der Waals surface area contributed by atoms with Crippen molar-refractivity contribution < 1.29 is 22.6 Å². The minimum absolute atomic E-state index is 0.0182. The number of hydrogen-bond acceptors (Lipinski definition) is 7. The van der Waals surface area contributed by atoms with E-state index in [0.717, 1.165) is 23.3 Å². The summed E-state index contributed by atoms with van der Waals surface area (Å²) in [5.74, 6) is 0.755. The zero-order valence-electron chi connectivity index (χ0n) is 19.7. The summed E-state index contributed by atoms with van der Waals surface area (Å²) in [4.78, 5) is 29.5. The van der Waals surface area contributed by atoms with Gasteiger partial charge in [0.05, 0.1) is 17.7 Å². The van der Waals surface area contributed by atoms with Crippen LogP contribution in [0.15, 0.2) is 65.8 Å². The van der Waals surface area contributed by atoms with Gasteiger partial charge in [-0.05, 0) is 41.5 Å². The number of H-pyrrole nitrogens is 1. The van der Waals surface area contributed by atoms with Gasteiger partial charge in [0.1, 0.15) is 11.5 Å². The van der Waals surface area contributed by atoms with Crippen LogP contribution in [0.25, 0.3) is 0 Å². The predicted molar refractivity (Wildman–Crippen MR) is 131 cm³/mol. The van der Waals surface area contributed by atoms with E-state index < -0.39 is 16.8 Å². The van der Waals surface area contributed by atoms with Gasteiger partial charge < -0.3 is 19.4 Å². The number of aromatic amines is 1. The topological polar surface area (TPSA) is 93.2 Å². The molecule has 37 heavy (non-hydrogen) atoms.